The first-order valence-corrected chi connectivity index (χ1v) is 6.75. The van der Waals surface area contributed by atoms with Crippen LogP contribution in [0.1, 0.15) is 17.0 Å². The number of hydrogen-bond donors (Lipinski definition) is 1. The number of fused-ring (bicyclic) bond motifs is 1. The van der Waals surface area contributed by atoms with Gasteiger partial charge < -0.3 is 5.73 Å². The Morgan fingerprint density at radius 3 is 2.89 bits per heavy atom. The summed E-state index contributed by atoms with van der Waals surface area (Å²) in [5.74, 6) is 1.52. The van der Waals surface area contributed by atoms with Crippen LogP contribution in [0.2, 0.25) is 0 Å². The Labute approximate surface area is 109 Å². The summed E-state index contributed by atoms with van der Waals surface area (Å²) in [7, 11) is 0. The normalized spacial score (nSPS) is 11.2. The number of nitrogens with zero attached hydrogens (tertiary/aromatic N) is 3. The molecular formula is C13H14N4S. The summed E-state index contributed by atoms with van der Waals surface area (Å²) in [4.78, 5) is 5.34. The first kappa shape index (κ1) is 11.2. The van der Waals surface area contributed by atoms with Crippen LogP contribution in [0.15, 0.2) is 29.6 Å². The summed E-state index contributed by atoms with van der Waals surface area (Å²) < 4.78 is 1.71. The predicted molar refractivity (Wildman–Crippen MR) is 73.9 cm³/mol. The standard InChI is InChI=1S/C13H14N4S/c1-9-4-2-3-5-10(9)6-7-12-15-13-17(16-12)11(14)8-18-13/h2-5,8H,6-7,14H2,1H3. The molecule has 0 unspecified atom stereocenters. The van der Waals surface area contributed by atoms with Gasteiger partial charge in [-0.2, -0.15) is 4.52 Å². The van der Waals surface area contributed by atoms with E-state index in [1.54, 1.807) is 4.52 Å². The number of benzene rings is 1. The van der Waals surface area contributed by atoms with Gasteiger partial charge in [-0.3, -0.25) is 0 Å². The van der Waals surface area contributed by atoms with E-state index in [0.717, 1.165) is 23.6 Å². The van der Waals surface area contributed by atoms with Crippen molar-refractivity contribution >= 4 is 22.1 Å². The van der Waals surface area contributed by atoms with Crippen LogP contribution < -0.4 is 5.73 Å². The molecule has 92 valence electrons. The first-order valence-electron chi connectivity index (χ1n) is 5.87. The van der Waals surface area contributed by atoms with Gasteiger partial charge in [-0.15, -0.1) is 16.4 Å². The van der Waals surface area contributed by atoms with Gasteiger partial charge in [-0.25, -0.2) is 4.98 Å². The lowest BCUT2D eigenvalue weighted by atomic mass is 10.0. The molecule has 0 saturated carbocycles. The zero-order valence-corrected chi connectivity index (χ0v) is 10.9. The van der Waals surface area contributed by atoms with Gasteiger partial charge >= 0.3 is 0 Å². The zero-order valence-electron chi connectivity index (χ0n) is 10.1. The highest BCUT2D eigenvalue weighted by atomic mass is 32.1. The molecule has 4 nitrogen and oxygen atoms in total. The highest BCUT2D eigenvalue weighted by molar-refractivity contribution is 7.15. The molecular weight excluding hydrogens is 244 g/mol. The van der Waals surface area contributed by atoms with Gasteiger partial charge in [0.2, 0.25) is 4.96 Å². The lowest BCUT2D eigenvalue weighted by Crippen LogP contribution is -1.97. The SMILES string of the molecule is Cc1ccccc1CCc1nc2scc(N)n2n1. The lowest BCUT2D eigenvalue weighted by Gasteiger charge is -2.02. The summed E-state index contributed by atoms with van der Waals surface area (Å²) in [6, 6.07) is 8.42. The molecule has 3 rings (SSSR count). The molecule has 0 aliphatic rings. The van der Waals surface area contributed by atoms with Crippen molar-refractivity contribution < 1.29 is 0 Å². The zero-order chi connectivity index (χ0) is 12.5. The lowest BCUT2D eigenvalue weighted by molar-refractivity contribution is 0.838. The van der Waals surface area contributed by atoms with Gasteiger partial charge in [-0.05, 0) is 24.5 Å². The molecule has 0 bridgehead atoms. The molecule has 3 aromatic rings. The number of rotatable bonds is 3. The molecule has 0 fully saturated rings. The van der Waals surface area contributed by atoms with Crippen LogP contribution in [-0.2, 0) is 12.8 Å². The molecule has 0 spiro atoms. The predicted octanol–water partition coefficient (Wildman–Crippen LogP) is 2.47. The average Bonchev–Trinajstić information content (AvgIpc) is 2.91. The molecule has 0 aliphatic carbocycles. The Hall–Kier alpha value is -1.88. The van der Waals surface area contributed by atoms with E-state index in [1.165, 1.54) is 22.5 Å². The molecule has 0 amide bonds. The van der Waals surface area contributed by atoms with Crippen LogP contribution in [0.5, 0.6) is 0 Å². The molecule has 0 saturated heterocycles. The van der Waals surface area contributed by atoms with E-state index in [0.29, 0.717) is 5.82 Å². The van der Waals surface area contributed by atoms with E-state index in [9.17, 15) is 0 Å². The van der Waals surface area contributed by atoms with Crippen molar-refractivity contribution in [3.05, 3.63) is 46.6 Å². The molecule has 2 N–H and O–H groups in total. The molecule has 2 aromatic heterocycles. The van der Waals surface area contributed by atoms with Crippen molar-refractivity contribution in [3.63, 3.8) is 0 Å². The number of nitrogens with two attached hydrogens (primary N) is 1. The van der Waals surface area contributed by atoms with E-state index in [4.69, 9.17) is 5.73 Å². The van der Waals surface area contributed by atoms with Crippen molar-refractivity contribution in [3.8, 4) is 0 Å². The minimum Gasteiger partial charge on any atom is -0.383 e. The Balaban J connectivity index is 1.79. The Morgan fingerprint density at radius 1 is 1.28 bits per heavy atom. The van der Waals surface area contributed by atoms with Gasteiger partial charge in [0, 0.05) is 11.8 Å². The fourth-order valence-electron chi connectivity index (χ4n) is 1.99. The van der Waals surface area contributed by atoms with E-state index in [1.807, 2.05) is 5.38 Å². The van der Waals surface area contributed by atoms with Crippen molar-refractivity contribution in [2.45, 2.75) is 19.8 Å². The van der Waals surface area contributed by atoms with Crippen LogP contribution in [0.25, 0.3) is 4.96 Å². The Kier molecular flexibility index (Phi) is 2.76. The van der Waals surface area contributed by atoms with Crippen molar-refractivity contribution in [2.75, 3.05) is 5.73 Å². The number of aryl methyl sites for hydroxylation is 3. The summed E-state index contributed by atoms with van der Waals surface area (Å²) >= 11 is 1.52. The van der Waals surface area contributed by atoms with Crippen LogP contribution >= 0.6 is 11.3 Å². The number of anilines is 1. The molecule has 0 radical (unpaired) electrons. The highest BCUT2D eigenvalue weighted by Gasteiger charge is 2.08. The van der Waals surface area contributed by atoms with E-state index in [2.05, 4.69) is 41.3 Å². The van der Waals surface area contributed by atoms with Gasteiger partial charge in [0.05, 0.1) is 0 Å². The number of nitrogen functional groups attached to an aromatic ring is 1. The van der Waals surface area contributed by atoms with Gasteiger partial charge in [0.25, 0.3) is 0 Å². The Bertz CT molecular complexity index is 683. The Morgan fingerprint density at radius 2 is 2.11 bits per heavy atom. The second kappa shape index (κ2) is 4.42. The van der Waals surface area contributed by atoms with E-state index in [-0.39, 0.29) is 0 Å². The van der Waals surface area contributed by atoms with Gasteiger partial charge in [0.1, 0.15) is 5.82 Å². The maximum absolute atomic E-state index is 5.79. The first-order chi connectivity index (χ1) is 8.74. The molecule has 1 aromatic carbocycles. The maximum Gasteiger partial charge on any atom is 0.214 e. The molecule has 0 atom stereocenters. The van der Waals surface area contributed by atoms with Crippen LogP contribution in [0.3, 0.4) is 0 Å². The van der Waals surface area contributed by atoms with Crippen molar-refractivity contribution in [1.29, 1.82) is 0 Å². The van der Waals surface area contributed by atoms with Crippen LogP contribution in [-0.4, -0.2) is 14.6 Å². The van der Waals surface area contributed by atoms with Gasteiger partial charge in [-0.1, -0.05) is 24.3 Å². The third-order valence-corrected chi connectivity index (χ3v) is 3.86. The fraction of sp³-hybridized carbons (Fsp3) is 0.231. The van der Waals surface area contributed by atoms with Crippen molar-refractivity contribution in [1.82, 2.24) is 14.6 Å². The van der Waals surface area contributed by atoms with E-state index < -0.39 is 0 Å². The fourth-order valence-corrected chi connectivity index (χ4v) is 2.72. The highest BCUT2D eigenvalue weighted by Crippen LogP contribution is 2.17. The maximum atomic E-state index is 5.79. The largest absolute Gasteiger partial charge is 0.383 e. The third-order valence-electron chi connectivity index (χ3n) is 3.03. The molecule has 18 heavy (non-hydrogen) atoms. The topological polar surface area (TPSA) is 56.2 Å². The second-order valence-corrected chi connectivity index (χ2v) is 5.15. The summed E-state index contributed by atoms with van der Waals surface area (Å²) in [5.41, 5.74) is 8.46. The van der Waals surface area contributed by atoms with E-state index >= 15 is 0 Å². The van der Waals surface area contributed by atoms with Crippen molar-refractivity contribution in [2.24, 2.45) is 0 Å². The summed E-state index contributed by atoms with van der Waals surface area (Å²) in [5, 5.41) is 6.27. The van der Waals surface area contributed by atoms with Gasteiger partial charge in [0.15, 0.2) is 5.82 Å². The molecule has 0 aliphatic heterocycles. The van der Waals surface area contributed by atoms with Crippen LogP contribution in [0.4, 0.5) is 5.82 Å². The van der Waals surface area contributed by atoms with Crippen LogP contribution in [0, 0.1) is 6.92 Å². The number of aromatic nitrogens is 3. The quantitative estimate of drug-likeness (QED) is 0.785. The summed E-state index contributed by atoms with van der Waals surface area (Å²) in [6.45, 7) is 2.13. The summed E-state index contributed by atoms with van der Waals surface area (Å²) in [6.07, 6.45) is 1.81. The second-order valence-electron chi connectivity index (χ2n) is 4.31. The average molecular weight is 258 g/mol. The minimum atomic E-state index is 0.657. The monoisotopic (exact) mass is 258 g/mol. The number of hydrogen-bond acceptors (Lipinski definition) is 4. The molecule has 2 heterocycles. The third kappa shape index (κ3) is 1.97. The minimum absolute atomic E-state index is 0.657. The smallest absolute Gasteiger partial charge is 0.214 e. The molecule has 5 heteroatoms. The number of thiazole rings is 1.